The molecule has 0 aliphatic rings. The molecular formula is C23H24N4O2. The van der Waals surface area contributed by atoms with Crippen molar-refractivity contribution in [3.8, 4) is 11.5 Å². The molecule has 0 N–H and O–H groups in total. The average Bonchev–Trinajstić information content (AvgIpc) is 3.15. The van der Waals surface area contributed by atoms with E-state index >= 15 is 0 Å². The van der Waals surface area contributed by atoms with E-state index in [4.69, 9.17) is 9.47 Å². The largest absolute Gasteiger partial charge is 0.497 e. The molecule has 0 saturated heterocycles. The summed E-state index contributed by atoms with van der Waals surface area (Å²) >= 11 is 0. The number of hydrogen-bond acceptors (Lipinski definition) is 5. The Bertz CT molecular complexity index is 1040. The molecule has 0 radical (unpaired) electrons. The van der Waals surface area contributed by atoms with Gasteiger partial charge in [0.2, 0.25) is 0 Å². The van der Waals surface area contributed by atoms with Crippen LogP contribution < -0.4 is 14.4 Å². The number of fused-ring (bicyclic) bond motifs is 1. The van der Waals surface area contributed by atoms with Gasteiger partial charge in [-0.2, -0.15) is 0 Å². The maximum Gasteiger partial charge on any atom is 0.161 e. The lowest BCUT2D eigenvalue weighted by atomic mass is 10.1. The Morgan fingerprint density at radius 1 is 0.793 bits per heavy atom. The Labute approximate surface area is 170 Å². The van der Waals surface area contributed by atoms with Gasteiger partial charge in [0, 0.05) is 26.3 Å². The summed E-state index contributed by atoms with van der Waals surface area (Å²) in [6, 6.07) is 18.4. The van der Waals surface area contributed by atoms with Crippen molar-refractivity contribution in [1.29, 1.82) is 0 Å². The van der Waals surface area contributed by atoms with E-state index in [-0.39, 0.29) is 0 Å². The van der Waals surface area contributed by atoms with Crippen molar-refractivity contribution in [1.82, 2.24) is 14.5 Å². The minimum Gasteiger partial charge on any atom is -0.497 e. The maximum atomic E-state index is 5.29. The van der Waals surface area contributed by atoms with Gasteiger partial charge < -0.3 is 18.9 Å². The third-order valence-corrected chi connectivity index (χ3v) is 4.98. The molecule has 0 atom stereocenters. The van der Waals surface area contributed by atoms with E-state index in [1.54, 1.807) is 20.5 Å². The number of ether oxygens (including phenoxy) is 2. The summed E-state index contributed by atoms with van der Waals surface area (Å²) in [5, 5.41) is 0. The highest BCUT2D eigenvalue weighted by Gasteiger charge is 2.15. The molecule has 0 aliphatic heterocycles. The Kier molecular flexibility index (Phi) is 5.33. The molecule has 0 saturated carbocycles. The van der Waals surface area contributed by atoms with Crippen LogP contribution in [-0.4, -0.2) is 28.8 Å². The molecule has 4 rings (SSSR count). The van der Waals surface area contributed by atoms with Crippen molar-refractivity contribution in [2.24, 2.45) is 7.05 Å². The molecule has 0 bridgehead atoms. The monoisotopic (exact) mass is 388 g/mol. The first-order valence-corrected chi connectivity index (χ1v) is 9.45. The van der Waals surface area contributed by atoms with Crippen LogP contribution in [0.2, 0.25) is 0 Å². The number of rotatable bonds is 7. The second kappa shape index (κ2) is 8.22. The Morgan fingerprint density at radius 2 is 1.34 bits per heavy atom. The van der Waals surface area contributed by atoms with Crippen LogP contribution in [-0.2, 0) is 20.1 Å². The molecule has 148 valence electrons. The van der Waals surface area contributed by atoms with E-state index in [9.17, 15) is 0 Å². The average molecular weight is 388 g/mol. The van der Waals surface area contributed by atoms with Gasteiger partial charge in [-0.25, -0.2) is 9.97 Å². The number of aryl methyl sites for hydroxylation is 1. The maximum absolute atomic E-state index is 5.29. The lowest BCUT2D eigenvalue weighted by molar-refractivity contribution is 0.414. The molecule has 29 heavy (non-hydrogen) atoms. The number of benzene rings is 2. The molecule has 4 aromatic rings. The quantitative estimate of drug-likeness (QED) is 0.475. The first kappa shape index (κ1) is 18.8. The summed E-state index contributed by atoms with van der Waals surface area (Å²) in [6.07, 6.45) is 3.65. The normalized spacial score (nSPS) is 10.9. The Balaban J connectivity index is 1.70. The molecular weight excluding hydrogens is 364 g/mol. The highest BCUT2D eigenvalue weighted by molar-refractivity contribution is 5.86. The minimum absolute atomic E-state index is 0.742. The molecule has 2 aromatic heterocycles. The lowest BCUT2D eigenvalue weighted by Crippen LogP contribution is -2.22. The second-order valence-corrected chi connectivity index (χ2v) is 6.91. The van der Waals surface area contributed by atoms with E-state index in [2.05, 4.69) is 39.1 Å². The van der Waals surface area contributed by atoms with E-state index in [0.717, 1.165) is 41.4 Å². The number of methoxy groups -OCH3 is 2. The molecule has 2 heterocycles. The van der Waals surface area contributed by atoms with Crippen molar-refractivity contribution in [3.05, 3.63) is 78.2 Å². The van der Waals surface area contributed by atoms with E-state index < -0.39 is 0 Å². The minimum atomic E-state index is 0.742. The van der Waals surface area contributed by atoms with Crippen molar-refractivity contribution in [2.45, 2.75) is 13.1 Å². The summed E-state index contributed by atoms with van der Waals surface area (Å²) in [7, 11) is 5.32. The summed E-state index contributed by atoms with van der Waals surface area (Å²) in [5.74, 6) is 1.71. The molecule has 0 unspecified atom stereocenters. The van der Waals surface area contributed by atoms with Crippen LogP contribution in [0.25, 0.3) is 11.2 Å². The van der Waals surface area contributed by atoms with Gasteiger partial charge in [-0.3, -0.25) is 0 Å². The van der Waals surface area contributed by atoms with Crippen LogP contribution in [0.4, 0.5) is 5.69 Å². The van der Waals surface area contributed by atoms with E-state index in [1.807, 2.05) is 48.1 Å². The summed E-state index contributed by atoms with van der Waals surface area (Å²) < 4.78 is 12.5. The van der Waals surface area contributed by atoms with Crippen molar-refractivity contribution < 1.29 is 9.47 Å². The third kappa shape index (κ3) is 4.01. The summed E-state index contributed by atoms with van der Waals surface area (Å²) in [6.45, 7) is 1.48. The van der Waals surface area contributed by atoms with Crippen molar-refractivity contribution in [3.63, 3.8) is 0 Å². The molecule has 0 aliphatic carbocycles. The molecule has 0 amide bonds. The van der Waals surface area contributed by atoms with E-state index in [1.165, 1.54) is 11.1 Å². The number of aromatic nitrogens is 3. The van der Waals surface area contributed by atoms with Crippen molar-refractivity contribution in [2.75, 3.05) is 19.1 Å². The van der Waals surface area contributed by atoms with Crippen molar-refractivity contribution >= 4 is 16.9 Å². The zero-order chi connectivity index (χ0) is 20.2. The van der Waals surface area contributed by atoms with Crippen LogP contribution in [0, 0.1) is 0 Å². The summed E-state index contributed by atoms with van der Waals surface area (Å²) in [4.78, 5) is 11.4. The van der Waals surface area contributed by atoms with Gasteiger partial charge in [0.1, 0.15) is 17.0 Å². The number of anilines is 1. The van der Waals surface area contributed by atoms with Gasteiger partial charge in [0.05, 0.1) is 26.2 Å². The number of pyridine rings is 1. The first-order valence-electron chi connectivity index (χ1n) is 9.45. The van der Waals surface area contributed by atoms with Gasteiger partial charge in [0.25, 0.3) is 0 Å². The predicted molar refractivity (Wildman–Crippen MR) is 114 cm³/mol. The summed E-state index contributed by atoms with van der Waals surface area (Å²) in [5.41, 5.74) is 5.22. The van der Waals surface area contributed by atoms with E-state index in [0.29, 0.717) is 0 Å². The van der Waals surface area contributed by atoms with Gasteiger partial charge in [-0.15, -0.1) is 0 Å². The standard InChI is InChI=1S/C23H24N4O2/c1-26-16-25-22-21(12-13-24-23(22)26)27(14-17-4-8-19(28-2)9-5-17)15-18-6-10-20(29-3)11-7-18/h4-13,16H,14-15H2,1-3H3. The van der Waals surface area contributed by atoms with Crippen LogP contribution in [0.1, 0.15) is 11.1 Å². The van der Waals surface area contributed by atoms with Gasteiger partial charge >= 0.3 is 0 Å². The van der Waals surface area contributed by atoms with Gasteiger partial charge in [0.15, 0.2) is 5.65 Å². The SMILES string of the molecule is COc1ccc(CN(Cc2ccc(OC)cc2)c2ccnc3c2ncn3C)cc1. The van der Waals surface area contributed by atoms with Gasteiger partial charge in [-0.1, -0.05) is 24.3 Å². The van der Waals surface area contributed by atoms with Crippen LogP contribution in [0.15, 0.2) is 67.1 Å². The number of hydrogen-bond donors (Lipinski definition) is 0. The molecule has 2 aromatic carbocycles. The second-order valence-electron chi connectivity index (χ2n) is 6.91. The first-order chi connectivity index (χ1) is 14.2. The zero-order valence-corrected chi connectivity index (χ0v) is 16.9. The highest BCUT2D eigenvalue weighted by atomic mass is 16.5. The van der Waals surface area contributed by atoms with Gasteiger partial charge in [-0.05, 0) is 41.5 Å². The smallest absolute Gasteiger partial charge is 0.161 e. The van der Waals surface area contributed by atoms with Crippen LogP contribution in [0.5, 0.6) is 11.5 Å². The predicted octanol–water partition coefficient (Wildman–Crippen LogP) is 4.19. The fourth-order valence-electron chi connectivity index (χ4n) is 3.40. The fourth-order valence-corrected chi connectivity index (χ4v) is 3.40. The fraction of sp³-hybridized carbons (Fsp3) is 0.217. The lowest BCUT2D eigenvalue weighted by Gasteiger charge is -2.25. The number of imidazole rings is 1. The van der Waals surface area contributed by atoms with Crippen LogP contribution >= 0.6 is 0 Å². The molecule has 0 spiro atoms. The molecule has 6 heteroatoms. The zero-order valence-electron chi connectivity index (χ0n) is 16.9. The molecule has 0 fully saturated rings. The Hall–Kier alpha value is -3.54. The van der Waals surface area contributed by atoms with Crippen LogP contribution in [0.3, 0.4) is 0 Å². The third-order valence-electron chi connectivity index (χ3n) is 4.98. The topological polar surface area (TPSA) is 52.4 Å². The molecule has 6 nitrogen and oxygen atoms in total. The number of nitrogens with zero attached hydrogens (tertiary/aromatic N) is 4. The Morgan fingerprint density at radius 3 is 1.86 bits per heavy atom. The highest BCUT2D eigenvalue weighted by Crippen LogP contribution is 2.28.